The van der Waals surface area contributed by atoms with Crippen LogP contribution in [-0.2, 0) is 14.5 Å². The number of ether oxygens (including phenoxy) is 1. The Hall–Kier alpha value is -3.35. The van der Waals surface area contributed by atoms with Crippen molar-refractivity contribution in [3.05, 3.63) is 59.7 Å². The smallest absolute Gasteiger partial charge is 0.273 e. The summed E-state index contributed by atoms with van der Waals surface area (Å²) in [5.41, 5.74) is 2.33. The second kappa shape index (κ2) is 9.22. The van der Waals surface area contributed by atoms with Gasteiger partial charge in [0.1, 0.15) is 25.7 Å². The summed E-state index contributed by atoms with van der Waals surface area (Å²) in [6.45, 7) is 1.85. The fourth-order valence-corrected chi connectivity index (χ4v) is 2.25. The number of hydrogen-bond donors (Lipinski definition) is 1. The van der Waals surface area contributed by atoms with E-state index in [1.54, 1.807) is 18.2 Å². The van der Waals surface area contributed by atoms with E-state index in [0.717, 1.165) is 11.3 Å². The van der Waals surface area contributed by atoms with Crippen molar-refractivity contribution in [2.75, 3.05) is 21.3 Å². The third-order valence-electron chi connectivity index (χ3n) is 3.50. The Morgan fingerprint density at radius 3 is 2.23 bits per heavy atom. The predicted molar refractivity (Wildman–Crippen MR) is 99.8 cm³/mol. The molecule has 0 unspecified atom stereocenters. The Morgan fingerprint density at radius 1 is 0.962 bits per heavy atom. The zero-order valence-electron chi connectivity index (χ0n) is 15.1. The van der Waals surface area contributed by atoms with Gasteiger partial charge in [0.2, 0.25) is 0 Å². The zero-order chi connectivity index (χ0) is 18.9. The lowest BCUT2D eigenvalue weighted by atomic mass is 10.1. The first kappa shape index (κ1) is 19.0. The van der Waals surface area contributed by atoms with Crippen molar-refractivity contribution in [1.29, 1.82) is 0 Å². The molecule has 0 heterocycles. The molecule has 1 N–H and O–H groups in total. The number of carbonyl (C=O) groups is 1. The molecule has 0 spiro atoms. The summed E-state index contributed by atoms with van der Waals surface area (Å²) in [4.78, 5) is 21.7. The van der Waals surface area contributed by atoms with Crippen LogP contribution in [0.4, 0.5) is 0 Å². The molecule has 7 nitrogen and oxygen atoms in total. The Morgan fingerprint density at radius 2 is 1.62 bits per heavy atom. The minimum Gasteiger partial charge on any atom is -0.457 e. The monoisotopic (exact) mass is 355 g/mol. The lowest BCUT2D eigenvalue weighted by Gasteiger charge is -2.12. The summed E-state index contributed by atoms with van der Waals surface area (Å²) in [6.07, 6.45) is 0. The summed E-state index contributed by atoms with van der Waals surface area (Å²) in [7, 11) is 4.41. The van der Waals surface area contributed by atoms with Crippen LogP contribution in [-0.4, -0.2) is 38.6 Å². The predicted octanol–water partition coefficient (Wildman–Crippen LogP) is 2.95. The first-order chi connectivity index (χ1) is 12.6. The number of nitrogens with one attached hydrogen (secondary N) is 1. The van der Waals surface area contributed by atoms with Gasteiger partial charge in [-0.25, -0.2) is 0 Å². The number of benzene rings is 2. The van der Waals surface area contributed by atoms with E-state index in [1.165, 1.54) is 21.3 Å². The lowest BCUT2D eigenvalue weighted by molar-refractivity contribution is -0.114. The van der Waals surface area contributed by atoms with Crippen molar-refractivity contribution >= 4 is 17.3 Å². The van der Waals surface area contributed by atoms with Crippen LogP contribution in [0.3, 0.4) is 0 Å². The number of oxime groups is 2. The molecule has 0 bridgehead atoms. The maximum Gasteiger partial charge on any atom is 0.273 e. The van der Waals surface area contributed by atoms with E-state index in [9.17, 15) is 4.79 Å². The Bertz CT molecular complexity index is 814. The molecule has 0 saturated carbocycles. The van der Waals surface area contributed by atoms with Gasteiger partial charge < -0.3 is 19.7 Å². The number of amides is 1. The van der Waals surface area contributed by atoms with E-state index in [4.69, 9.17) is 14.4 Å². The van der Waals surface area contributed by atoms with Gasteiger partial charge in [-0.05, 0) is 48.9 Å². The summed E-state index contributed by atoms with van der Waals surface area (Å²) < 4.78 is 5.94. The molecule has 0 fully saturated rings. The number of nitrogens with zero attached hydrogens (tertiary/aromatic N) is 2. The number of hydrogen-bond acceptors (Lipinski definition) is 6. The van der Waals surface area contributed by atoms with E-state index in [-0.39, 0.29) is 11.6 Å². The van der Waals surface area contributed by atoms with E-state index >= 15 is 0 Å². The van der Waals surface area contributed by atoms with Crippen LogP contribution in [0.5, 0.6) is 11.5 Å². The Kier molecular flexibility index (Phi) is 6.73. The topological polar surface area (TPSA) is 81.5 Å². The maximum absolute atomic E-state index is 12.1. The third-order valence-corrected chi connectivity index (χ3v) is 3.50. The van der Waals surface area contributed by atoms with Gasteiger partial charge in [-0.1, -0.05) is 22.4 Å². The molecule has 0 aliphatic heterocycles. The molecule has 0 radical (unpaired) electrons. The second-order valence-corrected chi connectivity index (χ2v) is 5.18. The van der Waals surface area contributed by atoms with Crippen molar-refractivity contribution in [3.8, 4) is 11.5 Å². The van der Waals surface area contributed by atoms with Crippen LogP contribution in [0.25, 0.3) is 0 Å². The first-order valence-electron chi connectivity index (χ1n) is 7.89. The van der Waals surface area contributed by atoms with Crippen molar-refractivity contribution in [2.45, 2.75) is 6.92 Å². The highest BCUT2D eigenvalue weighted by molar-refractivity contribution is 6.45. The normalized spacial score (nSPS) is 11.7. The second-order valence-electron chi connectivity index (χ2n) is 5.18. The van der Waals surface area contributed by atoms with Crippen LogP contribution in [0.15, 0.2) is 58.8 Å². The highest BCUT2D eigenvalue weighted by Crippen LogP contribution is 2.26. The first-order valence-corrected chi connectivity index (χ1v) is 7.89. The minimum absolute atomic E-state index is 0.130. The van der Waals surface area contributed by atoms with Gasteiger partial charge >= 0.3 is 0 Å². The summed E-state index contributed by atoms with van der Waals surface area (Å²) >= 11 is 0. The largest absolute Gasteiger partial charge is 0.457 e. The number of para-hydroxylation sites is 1. The summed E-state index contributed by atoms with van der Waals surface area (Å²) in [5, 5.41) is 10.3. The molecule has 7 heteroatoms. The van der Waals surface area contributed by atoms with Crippen LogP contribution in [0, 0.1) is 0 Å². The molecule has 0 aliphatic rings. The SMILES string of the molecule is CNC(=O)C(=NOC)c1ccccc1Oc1ccc(C(C)=NOC)cc1. The van der Waals surface area contributed by atoms with Crippen LogP contribution in [0.1, 0.15) is 18.1 Å². The highest BCUT2D eigenvalue weighted by Gasteiger charge is 2.18. The van der Waals surface area contributed by atoms with Gasteiger partial charge in [0, 0.05) is 7.05 Å². The third kappa shape index (κ3) is 4.60. The number of likely N-dealkylation sites (N-methyl/N-ethyl adjacent to an activating group) is 1. The molecule has 0 aromatic heterocycles. The molecular formula is C19H21N3O4. The standard InChI is InChI=1S/C19H21N3O4/c1-13(21-24-3)14-9-11-15(12-10-14)26-17-8-6-5-7-16(17)18(22-25-4)19(23)20-2/h5-12H,1-4H3,(H,20,23). The maximum atomic E-state index is 12.1. The lowest BCUT2D eigenvalue weighted by Crippen LogP contribution is -2.28. The minimum atomic E-state index is -0.371. The Labute approximate surface area is 152 Å². The molecule has 26 heavy (non-hydrogen) atoms. The molecule has 0 saturated heterocycles. The molecule has 2 aromatic rings. The van der Waals surface area contributed by atoms with Crippen molar-refractivity contribution < 1.29 is 19.2 Å². The molecule has 0 aliphatic carbocycles. The summed E-state index contributed by atoms with van der Waals surface area (Å²) in [6, 6.07) is 14.5. The highest BCUT2D eigenvalue weighted by atomic mass is 16.6. The van der Waals surface area contributed by atoms with E-state index < -0.39 is 0 Å². The fraction of sp³-hybridized carbons (Fsp3) is 0.211. The average molecular weight is 355 g/mol. The van der Waals surface area contributed by atoms with Gasteiger partial charge in [0.15, 0.2) is 5.71 Å². The van der Waals surface area contributed by atoms with Gasteiger partial charge in [0.25, 0.3) is 5.91 Å². The van der Waals surface area contributed by atoms with E-state index in [1.807, 2.05) is 37.3 Å². The number of carbonyl (C=O) groups excluding carboxylic acids is 1. The zero-order valence-corrected chi connectivity index (χ0v) is 15.1. The van der Waals surface area contributed by atoms with Crippen molar-refractivity contribution in [3.63, 3.8) is 0 Å². The molecular weight excluding hydrogens is 334 g/mol. The van der Waals surface area contributed by atoms with Gasteiger partial charge in [-0.15, -0.1) is 0 Å². The van der Waals surface area contributed by atoms with E-state index in [0.29, 0.717) is 17.1 Å². The number of rotatable bonds is 7. The molecule has 0 atom stereocenters. The molecule has 136 valence electrons. The van der Waals surface area contributed by atoms with Gasteiger partial charge in [-0.2, -0.15) is 0 Å². The van der Waals surface area contributed by atoms with Crippen molar-refractivity contribution in [2.24, 2.45) is 10.3 Å². The molecule has 2 aromatic carbocycles. The van der Waals surface area contributed by atoms with E-state index in [2.05, 4.69) is 15.6 Å². The van der Waals surface area contributed by atoms with Gasteiger partial charge in [-0.3, -0.25) is 4.79 Å². The quantitative estimate of drug-likeness (QED) is 0.611. The van der Waals surface area contributed by atoms with Crippen molar-refractivity contribution in [1.82, 2.24) is 5.32 Å². The van der Waals surface area contributed by atoms with Crippen LogP contribution >= 0.6 is 0 Å². The van der Waals surface area contributed by atoms with Crippen LogP contribution < -0.4 is 10.1 Å². The van der Waals surface area contributed by atoms with Crippen LogP contribution in [0.2, 0.25) is 0 Å². The molecule has 2 rings (SSSR count). The Balaban J connectivity index is 2.32. The molecule has 1 amide bonds. The average Bonchev–Trinajstić information content (AvgIpc) is 2.67. The summed E-state index contributed by atoms with van der Waals surface area (Å²) in [5.74, 6) is 0.728. The van der Waals surface area contributed by atoms with Gasteiger partial charge in [0.05, 0.1) is 11.3 Å². The fourth-order valence-electron chi connectivity index (χ4n) is 2.25.